The van der Waals surface area contributed by atoms with Crippen LogP contribution in [0.4, 0.5) is 5.82 Å². The minimum Gasteiger partial charge on any atom is -0.387 e. The number of amides is 1. The summed E-state index contributed by atoms with van der Waals surface area (Å²) in [6.07, 6.45) is 6.32. The number of aliphatic hydroxyl groups is 1. The van der Waals surface area contributed by atoms with Gasteiger partial charge in [-0.05, 0) is 30.7 Å². The van der Waals surface area contributed by atoms with Gasteiger partial charge in [-0.3, -0.25) is 4.79 Å². The number of aromatic nitrogens is 5. The van der Waals surface area contributed by atoms with Crippen molar-refractivity contribution in [1.29, 1.82) is 0 Å². The quantitative estimate of drug-likeness (QED) is 0.347. The van der Waals surface area contributed by atoms with Crippen molar-refractivity contribution in [2.75, 3.05) is 25.9 Å². The largest absolute Gasteiger partial charge is 0.387 e. The number of nitrogens with two attached hydrogens (primary N) is 1. The zero-order chi connectivity index (χ0) is 23.2. The van der Waals surface area contributed by atoms with Crippen LogP contribution in [-0.2, 0) is 4.79 Å². The second kappa shape index (κ2) is 9.89. The number of fused-ring (bicyclic) bond motifs is 1. The second-order valence-electron chi connectivity index (χ2n) is 7.39. The van der Waals surface area contributed by atoms with Gasteiger partial charge in [0.1, 0.15) is 24.0 Å². The van der Waals surface area contributed by atoms with Gasteiger partial charge in [-0.15, -0.1) is 0 Å². The van der Waals surface area contributed by atoms with Crippen molar-refractivity contribution in [2.24, 2.45) is 0 Å². The summed E-state index contributed by atoms with van der Waals surface area (Å²) in [5.41, 5.74) is 10.4. The second-order valence-corrected chi connectivity index (χ2v) is 7.39. The Hall–Kier alpha value is -4.29. The van der Waals surface area contributed by atoms with Gasteiger partial charge < -0.3 is 15.7 Å². The normalized spacial score (nSPS) is 10.6. The molecule has 0 unspecified atom stereocenters. The highest BCUT2D eigenvalue weighted by Gasteiger charge is 2.13. The Morgan fingerprint density at radius 3 is 2.88 bits per heavy atom. The Kier molecular flexibility index (Phi) is 6.57. The summed E-state index contributed by atoms with van der Waals surface area (Å²) in [6, 6.07) is 11.5. The number of likely N-dealkylation sites (N-methyl/N-ethyl adjacent to an activating group) is 1. The third-order valence-electron chi connectivity index (χ3n) is 5.10. The lowest BCUT2D eigenvalue weighted by atomic mass is 10.1. The van der Waals surface area contributed by atoms with E-state index in [1.165, 1.54) is 11.2 Å². The predicted molar refractivity (Wildman–Crippen MR) is 125 cm³/mol. The van der Waals surface area contributed by atoms with E-state index in [4.69, 9.17) is 15.8 Å². The van der Waals surface area contributed by atoms with Gasteiger partial charge in [-0.25, -0.2) is 19.6 Å². The van der Waals surface area contributed by atoms with E-state index < -0.39 is 6.61 Å². The molecule has 0 radical (unpaired) electrons. The van der Waals surface area contributed by atoms with Gasteiger partial charge in [0, 0.05) is 43.5 Å². The standard InChI is InChI=1S/C24H23N7O2/c1-30(21(33)15-32)11-4-2-3-7-17-8-5-9-18(13-17)19-14-20(31-12-6-10-28-31)22-23(29-19)24(25)27-16-26-22/h5-6,8-10,12-14,16,32H,2,4,11,15H2,1H3,(H2,25,26,27). The first-order chi connectivity index (χ1) is 16.1. The summed E-state index contributed by atoms with van der Waals surface area (Å²) in [7, 11) is 1.67. The molecule has 166 valence electrons. The van der Waals surface area contributed by atoms with Crippen molar-refractivity contribution in [3.63, 3.8) is 0 Å². The van der Waals surface area contributed by atoms with E-state index in [0.29, 0.717) is 35.5 Å². The van der Waals surface area contributed by atoms with E-state index >= 15 is 0 Å². The number of benzene rings is 1. The number of hydrogen-bond acceptors (Lipinski definition) is 7. The molecule has 0 saturated carbocycles. The fraction of sp³-hybridized carbons (Fsp3) is 0.208. The molecule has 4 aromatic rings. The molecule has 4 rings (SSSR count). The number of anilines is 1. The van der Waals surface area contributed by atoms with Crippen molar-refractivity contribution in [1.82, 2.24) is 29.6 Å². The van der Waals surface area contributed by atoms with Crippen LogP contribution >= 0.6 is 0 Å². The molecule has 1 aromatic carbocycles. The van der Waals surface area contributed by atoms with Crippen LogP contribution in [0.25, 0.3) is 28.0 Å². The number of aliphatic hydroxyl groups excluding tert-OH is 1. The number of unbranched alkanes of at least 4 members (excludes halogenated alkanes) is 1. The molecule has 0 aliphatic heterocycles. The van der Waals surface area contributed by atoms with Crippen LogP contribution in [0.1, 0.15) is 18.4 Å². The van der Waals surface area contributed by atoms with E-state index in [-0.39, 0.29) is 5.91 Å². The topological polar surface area (TPSA) is 123 Å². The first-order valence-corrected chi connectivity index (χ1v) is 10.4. The maximum Gasteiger partial charge on any atom is 0.248 e. The van der Waals surface area contributed by atoms with E-state index in [2.05, 4.69) is 26.9 Å². The summed E-state index contributed by atoms with van der Waals surface area (Å²) in [5, 5.41) is 13.2. The molecule has 0 saturated heterocycles. The fourth-order valence-corrected chi connectivity index (χ4v) is 3.35. The number of nitrogens with zero attached hydrogens (tertiary/aromatic N) is 6. The summed E-state index contributed by atoms with van der Waals surface area (Å²) in [4.78, 5) is 26.0. The molecule has 1 amide bonds. The zero-order valence-electron chi connectivity index (χ0n) is 18.1. The molecule has 33 heavy (non-hydrogen) atoms. The van der Waals surface area contributed by atoms with Gasteiger partial charge in [0.15, 0.2) is 5.82 Å². The summed E-state index contributed by atoms with van der Waals surface area (Å²) < 4.78 is 1.72. The van der Waals surface area contributed by atoms with Crippen LogP contribution in [0.2, 0.25) is 0 Å². The lowest BCUT2D eigenvalue weighted by Crippen LogP contribution is -2.29. The molecular formula is C24H23N7O2. The predicted octanol–water partition coefficient (Wildman–Crippen LogP) is 2.04. The molecule has 0 spiro atoms. The molecule has 0 aliphatic rings. The number of rotatable bonds is 6. The van der Waals surface area contributed by atoms with Crippen molar-refractivity contribution in [3.8, 4) is 28.8 Å². The third kappa shape index (κ3) is 4.97. The summed E-state index contributed by atoms with van der Waals surface area (Å²) in [6.45, 7) is 0.0759. The molecule has 9 heteroatoms. The van der Waals surface area contributed by atoms with E-state index in [0.717, 1.165) is 23.2 Å². The molecule has 3 N–H and O–H groups in total. The highest BCUT2D eigenvalue weighted by atomic mass is 16.3. The molecule has 0 atom stereocenters. The number of hydrogen-bond donors (Lipinski definition) is 2. The first kappa shape index (κ1) is 21.9. The highest BCUT2D eigenvalue weighted by molar-refractivity contribution is 5.92. The van der Waals surface area contributed by atoms with Gasteiger partial charge >= 0.3 is 0 Å². The first-order valence-electron chi connectivity index (χ1n) is 10.4. The molecule has 0 bridgehead atoms. The molecule has 9 nitrogen and oxygen atoms in total. The Balaban J connectivity index is 1.60. The van der Waals surface area contributed by atoms with Crippen molar-refractivity contribution in [2.45, 2.75) is 12.8 Å². The Labute approximate surface area is 190 Å². The van der Waals surface area contributed by atoms with E-state index in [1.54, 1.807) is 17.9 Å². The molecule has 0 fully saturated rings. The van der Waals surface area contributed by atoms with Crippen molar-refractivity contribution < 1.29 is 9.90 Å². The average Bonchev–Trinajstić information content (AvgIpc) is 3.38. The Bertz CT molecular complexity index is 1340. The van der Waals surface area contributed by atoms with Crippen LogP contribution in [0.5, 0.6) is 0 Å². The Morgan fingerprint density at radius 1 is 1.21 bits per heavy atom. The zero-order valence-corrected chi connectivity index (χ0v) is 18.1. The van der Waals surface area contributed by atoms with Crippen LogP contribution < -0.4 is 5.73 Å². The van der Waals surface area contributed by atoms with Crippen LogP contribution in [-0.4, -0.2) is 60.8 Å². The molecule has 3 heterocycles. The maximum absolute atomic E-state index is 11.4. The van der Waals surface area contributed by atoms with E-state index in [1.807, 2.05) is 42.6 Å². The lowest BCUT2D eigenvalue weighted by molar-refractivity contribution is -0.132. The monoisotopic (exact) mass is 441 g/mol. The number of pyridine rings is 1. The van der Waals surface area contributed by atoms with E-state index in [9.17, 15) is 4.79 Å². The third-order valence-corrected chi connectivity index (χ3v) is 5.10. The van der Waals surface area contributed by atoms with Gasteiger partial charge in [-0.1, -0.05) is 24.0 Å². The minimum absolute atomic E-state index is 0.293. The van der Waals surface area contributed by atoms with Crippen molar-refractivity contribution in [3.05, 3.63) is 60.7 Å². The summed E-state index contributed by atoms with van der Waals surface area (Å²) >= 11 is 0. The van der Waals surface area contributed by atoms with Gasteiger partial charge in [-0.2, -0.15) is 5.10 Å². The van der Waals surface area contributed by atoms with Gasteiger partial charge in [0.2, 0.25) is 5.91 Å². The number of carbonyl (C=O) groups is 1. The van der Waals surface area contributed by atoms with Gasteiger partial charge in [0.05, 0.1) is 11.4 Å². The average molecular weight is 441 g/mol. The van der Waals surface area contributed by atoms with Crippen LogP contribution in [0, 0.1) is 11.8 Å². The Morgan fingerprint density at radius 2 is 2.09 bits per heavy atom. The lowest BCUT2D eigenvalue weighted by Gasteiger charge is -2.14. The molecule has 0 aliphatic carbocycles. The smallest absolute Gasteiger partial charge is 0.248 e. The van der Waals surface area contributed by atoms with Gasteiger partial charge in [0.25, 0.3) is 0 Å². The summed E-state index contributed by atoms with van der Waals surface area (Å²) in [5.74, 6) is 6.31. The highest BCUT2D eigenvalue weighted by Crippen LogP contribution is 2.28. The number of nitrogen functional groups attached to an aromatic ring is 1. The van der Waals surface area contributed by atoms with Crippen LogP contribution in [0.15, 0.2) is 55.1 Å². The molecule has 3 aromatic heterocycles. The maximum atomic E-state index is 11.4. The SMILES string of the molecule is CN(CCCC#Cc1cccc(-c2cc(-n3cccn3)c3ncnc(N)c3n2)c1)C(=O)CO. The number of carbonyl (C=O) groups excluding carboxylic acids is 1. The molecular weight excluding hydrogens is 418 g/mol. The van der Waals surface area contributed by atoms with Crippen molar-refractivity contribution >= 4 is 22.8 Å². The minimum atomic E-state index is -0.475. The fourth-order valence-electron chi connectivity index (χ4n) is 3.35. The van der Waals surface area contributed by atoms with Crippen LogP contribution in [0.3, 0.4) is 0 Å².